The first kappa shape index (κ1) is 17.1. The average molecular weight is 369 g/mol. The molecule has 130 valence electrons. The molecule has 3 aromatic rings. The van der Waals surface area contributed by atoms with Crippen molar-refractivity contribution in [2.24, 2.45) is 0 Å². The van der Waals surface area contributed by atoms with E-state index in [4.69, 9.17) is 17.3 Å². The van der Waals surface area contributed by atoms with Gasteiger partial charge in [-0.15, -0.1) is 0 Å². The number of aromatic nitrogens is 2. The normalized spacial score (nSPS) is 11.7. The molecule has 0 saturated carbocycles. The zero-order valence-corrected chi connectivity index (χ0v) is 13.4. The van der Waals surface area contributed by atoms with Crippen LogP contribution in [0.2, 0.25) is 5.02 Å². The molecule has 2 aromatic carbocycles. The Labute approximate surface area is 145 Å². The predicted octanol–water partition coefficient (Wildman–Crippen LogP) is 3.75. The van der Waals surface area contributed by atoms with Gasteiger partial charge in [0.15, 0.2) is 5.82 Å². The fourth-order valence-electron chi connectivity index (χ4n) is 2.36. The van der Waals surface area contributed by atoms with Crippen molar-refractivity contribution < 1.29 is 18.0 Å². The first-order chi connectivity index (χ1) is 11.8. The highest BCUT2D eigenvalue weighted by atomic mass is 35.5. The SMILES string of the molecule is Nc1n[nH]c2ccc(C(=O)NCc3ccc(Cl)c(C(F)(F)F)c3)cc12. The zero-order valence-electron chi connectivity index (χ0n) is 12.6. The van der Waals surface area contributed by atoms with Gasteiger partial charge in [-0.25, -0.2) is 0 Å². The van der Waals surface area contributed by atoms with E-state index in [2.05, 4.69) is 15.5 Å². The number of amides is 1. The Bertz CT molecular complexity index is 952. The summed E-state index contributed by atoms with van der Waals surface area (Å²) in [7, 11) is 0. The number of nitrogens with one attached hydrogen (secondary N) is 2. The summed E-state index contributed by atoms with van der Waals surface area (Å²) in [4.78, 5) is 12.2. The molecule has 1 heterocycles. The molecule has 0 bridgehead atoms. The van der Waals surface area contributed by atoms with Gasteiger partial charge in [0.25, 0.3) is 5.91 Å². The number of fused-ring (bicyclic) bond motifs is 1. The lowest BCUT2D eigenvalue weighted by Gasteiger charge is -2.11. The zero-order chi connectivity index (χ0) is 18.2. The van der Waals surface area contributed by atoms with Crippen LogP contribution in [0, 0.1) is 0 Å². The van der Waals surface area contributed by atoms with Crippen LogP contribution >= 0.6 is 11.6 Å². The van der Waals surface area contributed by atoms with Crippen molar-refractivity contribution >= 4 is 34.2 Å². The number of carbonyl (C=O) groups excluding carboxylic acids is 1. The molecule has 0 saturated heterocycles. The van der Waals surface area contributed by atoms with Gasteiger partial charge in [-0.3, -0.25) is 9.89 Å². The molecule has 0 spiro atoms. The number of halogens is 4. The minimum atomic E-state index is -4.55. The second-order valence-corrected chi connectivity index (χ2v) is 5.77. The first-order valence-corrected chi connectivity index (χ1v) is 7.51. The Morgan fingerprint density at radius 2 is 2.00 bits per heavy atom. The maximum atomic E-state index is 12.9. The summed E-state index contributed by atoms with van der Waals surface area (Å²) in [6.07, 6.45) is -4.55. The smallest absolute Gasteiger partial charge is 0.382 e. The van der Waals surface area contributed by atoms with Crippen LogP contribution < -0.4 is 11.1 Å². The number of aromatic amines is 1. The van der Waals surface area contributed by atoms with Gasteiger partial charge >= 0.3 is 6.18 Å². The molecule has 5 nitrogen and oxygen atoms in total. The van der Waals surface area contributed by atoms with Gasteiger partial charge in [-0.1, -0.05) is 17.7 Å². The lowest BCUT2D eigenvalue weighted by Crippen LogP contribution is -2.23. The van der Waals surface area contributed by atoms with Gasteiger partial charge in [-0.05, 0) is 35.9 Å². The molecule has 4 N–H and O–H groups in total. The highest BCUT2D eigenvalue weighted by molar-refractivity contribution is 6.31. The van der Waals surface area contributed by atoms with Crippen molar-refractivity contribution in [2.75, 3.05) is 5.73 Å². The second-order valence-electron chi connectivity index (χ2n) is 5.36. The van der Waals surface area contributed by atoms with Crippen molar-refractivity contribution in [1.82, 2.24) is 15.5 Å². The topological polar surface area (TPSA) is 83.8 Å². The van der Waals surface area contributed by atoms with E-state index in [9.17, 15) is 18.0 Å². The number of nitrogens with two attached hydrogens (primary N) is 1. The summed E-state index contributed by atoms with van der Waals surface area (Å²) >= 11 is 5.57. The first-order valence-electron chi connectivity index (χ1n) is 7.13. The third-order valence-corrected chi connectivity index (χ3v) is 3.97. The number of rotatable bonds is 3. The van der Waals surface area contributed by atoms with Gasteiger partial charge in [0.05, 0.1) is 16.1 Å². The predicted molar refractivity (Wildman–Crippen MR) is 88.1 cm³/mol. The molecule has 0 unspecified atom stereocenters. The maximum absolute atomic E-state index is 12.9. The number of nitrogen functional groups attached to an aromatic ring is 1. The van der Waals surface area contributed by atoms with E-state index in [1.807, 2.05) is 0 Å². The summed E-state index contributed by atoms with van der Waals surface area (Å²) in [5, 5.41) is 9.32. The van der Waals surface area contributed by atoms with Crippen LogP contribution in [0.3, 0.4) is 0 Å². The lowest BCUT2D eigenvalue weighted by atomic mass is 10.1. The third kappa shape index (κ3) is 3.53. The molecular weight excluding hydrogens is 357 g/mol. The molecule has 0 atom stereocenters. The fourth-order valence-corrected chi connectivity index (χ4v) is 2.58. The van der Waals surface area contributed by atoms with Gasteiger partial charge in [0.1, 0.15) is 0 Å². The highest BCUT2D eigenvalue weighted by Gasteiger charge is 2.33. The van der Waals surface area contributed by atoms with Gasteiger partial charge in [-0.2, -0.15) is 18.3 Å². The number of hydrogen-bond donors (Lipinski definition) is 3. The highest BCUT2D eigenvalue weighted by Crippen LogP contribution is 2.35. The molecule has 25 heavy (non-hydrogen) atoms. The Morgan fingerprint density at radius 3 is 2.72 bits per heavy atom. The van der Waals surface area contributed by atoms with E-state index < -0.39 is 17.6 Å². The molecule has 0 aliphatic heterocycles. The van der Waals surface area contributed by atoms with E-state index in [1.54, 1.807) is 18.2 Å². The van der Waals surface area contributed by atoms with E-state index in [0.29, 0.717) is 16.5 Å². The Balaban J connectivity index is 1.76. The number of hydrogen-bond acceptors (Lipinski definition) is 3. The minimum absolute atomic E-state index is 0.0714. The molecule has 1 amide bonds. The second kappa shape index (κ2) is 6.29. The van der Waals surface area contributed by atoms with Gasteiger partial charge in [0.2, 0.25) is 0 Å². The van der Waals surface area contributed by atoms with Crippen molar-refractivity contribution in [1.29, 1.82) is 0 Å². The maximum Gasteiger partial charge on any atom is 0.417 e. The Morgan fingerprint density at radius 1 is 1.24 bits per heavy atom. The monoisotopic (exact) mass is 368 g/mol. The Hall–Kier alpha value is -2.74. The number of anilines is 1. The number of H-pyrrole nitrogens is 1. The van der Waals surface area contributed by atoms with Crippen molar-refractivity contribution in [3.05, 3.63) is 58.1 Å². The molecule has 0 fully saturated rings. The van der Waals surface area contributed by atoms with Crippen LogP contribution in [0.1, 0.15) is 21.5 Å². The third-order valence-electron chi connectivity index (χ3n) is 3.64. The molecule has 0 radical (unpaired) electrons. The van der Waals surface area contributed by atoms with Crippen LogP contribution in [0.4, 0.5) is 19.0 Å². The standard InChI is InChI=1S/C16H12ClF3N4O/c17-12-3-1-8(5-11(12)16(18,19)20)7-22-15(25)9-2-4-13-10(6-9)14(21)24-23-13/h1-6H,7H2,(H,22,25)(H3,21,23,24). The fraction of sp³-hybridized carbons (Fsp3) is 0.125. The van der Waals surface area contributed by atoms with Crippen LogP contribution in [0.25, 0.3) is 10.9 Å². The summed E-state index contributed by atoms with van der Waals surface area (Å²) in [6.45, 7) is -0.0714. The van der Waals surface area contributed by atoms with E-state index in [1.165, 1.54) is 6.07 Å². The van der Waals surface area contributed by atoms with Crippen LogP contribution in [0.5, 0.6) is 0 Å². The van der Waals surface area contributed by atoms with Crippen molar-refractivity contribution in [3.8, 4) is 0 Å². The lowest BCUT2D eigenvalue weighted by molar-refractivity contribution is -0.137. The summed E-state index contributed by atoms with van der Waals surface area (Å²) < 4.78 is 38.6. The Kier molecular flexibility index (Phi) is 4.30. The van der Waals surface area contributed by atoms with Gasteiger partial charge in [0, 0.05) is 17.5 Å². The quantitative estimate of drug-likeness (QED) is 0.658. The number of alkyl halides is 3. The van der Waals surface area contributed by atoms with Crippen molar-refractivity contribution in [3.63, 3.8) is 0 Å². The van der Waals surface area contributed by atoms with E-state index >= 15 is 0 Å². The van der Waals surface area contributed by atoms with Crippen LogP contribution in [0.15, 0.2) is 36.4 Å². The average Bonchev–Trinajstić information content (AvgIpc) is 2.93. The molecule has 0 aliphatic rings. The molecule has 3 rings (SSSR count). The van der Waals surface area contributed by atoms with Crippen LogP contribution in [-0.2, 0) is 12.7 Å². The summed E-state index contributed by atoms with van der Waals surface area (Å²) in [5.74, 6) is -0.178. The summed E-state index contributed by atoms with van der Waals surface area (Å²) in [5.41, 5.74) is 6.04. The molecule has 0 aliphatic carbocycles. The molecular formula is C16H12ClF3N4O. The van der Waals surface area contributed by atoms with Crippen molar-refractivity contribution in [2.45, 2.75) is 12.7 Å². The largest absolute Gasteiger partial charge is 0.417 e. The number of nitrogens with zero attached hydrogens (tertiary/aromatic N) is 1. The van der Waals surface area contributed by atoms with Crippen LogP contribution in [-0.4, -0.2) is 16.1 Å². The summed E-state index contributed by atoms with van der Waals surface area (Å²) in [6, 6.07) is 8.28. The van der Waals surface area contributed by atoms with E-state index in [0.717, 1.165) is 12.1 Å². The number of benzene rings is 2. The molecule has 9 heteroatoms. The van der Waals surface area contributed by atoms with Gasteiger partial charge < -0.3 is 11.1 Å². The van der Waals surface area contributed by atoms with E-state index in [-0.39, 0.29) is 22.9 Å². The minimum Gasteiger partial charge on any atom is -0.382 e. The molecule has 1 aromatic heterocycles. The number of carbonyl (C=O) groups is 1.